The zero-order chi connectivity index (χ0) is 23.5. The number of pyridine rings is 2. The average molecular weight is 485 g/mol. The lowest BCUT2D eigenvalue weighted by molar-refractivity contribution is -0.0330. The van der Waals surface area contributed by atoms with Crippen LogP contribution in [0.2, 0.25) is 5.02 Å². The summed E-state index contributed by atoms with van der Waals surface area (Å²) < 4.78 is 6.54. The Morgan fingerprint density at radius 3 is 2.56 bits per heavy atom. The zero-order valence-corrected chi connectivity index (χ0v) is 19.0. The molecule has 4 N–H and O–H groups in total. The van der Waals surface area contributed by atoms with Crippen LogP contribution in [0.3, 0.4) is 0 Å². The maximum absolute atomic E-state index is 12.2. The molecular formula is C22H25ClN8O3. The van der Waals surface area contributed by atoms with Gasteiger partial charge < -0.3 is 20.5 Å². The molecule has 178 valence electrons. The smallest absolute Gasteiger partial charge is 0.273 e. The van der Waals surface area contributed by atoms with Crippen LogP contribution in [0.4, 0.5) is 11.8 Å². The van der Waals surface area contributed by atoms with Crippen molar-refractivity contribution in [2.45, 2.75) is 43.6 Å². The van der Waals surface area contributed by atoms with E-state index in [0.29, 0.717) is 30.5 Å². The molecule has 3 aromatic rings. The molecule has 12 heteroatoms. The van der Waals surface area contributed by atoms with Gasteiger partial charge in [0, 0.05) is 18.3 Å². The van der Waals surface area contributed by atoms with E-state index in [0.717, 1.165) is 25.1 Å². The third kappa shape index (κ3) is 5.17. The molecule has 1 saturated heterocycles. The first-order valence-electron chi connectivity index (χ1n) is 11.1. The predicted molar refractivity (Wildman–Crippen MR) is 126 cm³/mol. The van der Waals surface area contributed by atoms with Crippen molar-refractivity contribution in [2.75, 3.05) is 23.8 Å². The van der Waals surface area contributed by atoms with Gasteiger partial charge in [-0.15, -0.1) is 10.2 Å². The Morgan fingerprint density at radius 1 is 1.06 bits per heavy atom. The van der Waals surface area contributed by atoms with E-state index in [9.17, 15) is 9.90 Å². The van der Waals surface area contributed by atoms with Gasteiger partial charge in [0.05, 0.1) is 37.3 Å². The first kappa shape index (κ1) is 22.7. The van der Waals surface area contributed by atoms with E-state index in [1.54, 1.807) is 24.5 Å². The first-order valence-corrected chi connectivity index (χ1v) is 11.5. The fourth-order valence-electron chi connectivity index (χ4n) is 4.04. The molecule has 1 saturated carbocycles. The van der Waals surface area contributed by atoms with Gasteiger partial charge in [0.15, 0.2) is 6.23 Å². The number of aliphatic hydroxyl groups is 1. The summed E-state index contributed by atoms with van der Waals surface area (Å²) in [6.45, 7) is 1.16. The van der Waals surface area contributed by atoms with Crippen molar-refractivity contribution in [3.63, 3.8) is 0 Å². The molecule has 4 heterocycles. The summed E-state index contributed by atoms with van der Waals surface area (Å²) in [4.78, 5) is 20.9. The Morgan fingerprint density at radius 2 is 1.88 bits per heavy atom. The van der Waals surface area contributed by atoms with Gasteiger partial charge in [-0.25, -0.2) is 9.97 Å². The van der Waals surface area contributed by atoms with Crippen LogP contribution in [-0.4, -0.2) is 61.2 Å². The van der Waals surface area contributed by atoms with E-state index in [1.165, 1.54) is 10.8 Å². The molecule has 1 aliphatic heterocycles. The molecular weight excluding hydrogens is 460 g/mol. The number of halogens is 1. The second-order valence-electron chi connectivity index (χ2n) is 8.44. The lowest BCUT2D eigenvalue weighted by atomic mass is 10.2. The quantitative estimate of drug-likeness (QED) is 0.348. The highest BCUT2D eigenvalue weighted by atomic mass is 35.5. The second kappa shape index (κ2) is 10.0. The van der Waals surface area contributed by atoms with Gasteiger partial charge in [-0.3, -0.25) is 14.7 Å². The number of rotatable bonds is 8. The Kier molecular flexibility index (Phi) is 6.68. The summed E-state index contributed by atoms with van der Waals surface area (Å²) in [7, 11) is 0. The molecule has 0 spiro atoms. The molecule has 3 atom stereocenters. The summed E-state index contributed by atoms with van der Waals surface area (Å²) in [5.41, 5.74) is 0.747. The van der Waals surface area contributed by atoms with E-state index < -0.39 is 6.23 Å². The lowest BCUT2D eigenvalue weighted by Gasteiger charge is -2.28. The Hall–Kier alpha value is -3.12. The van der Waals surface area contributed by atoms with Crippen molar-refractivity contribution in [1.29, 1.82) is 0 Å². The molecule has 11 nitrogen and oxygen atoms in total. The van der Waals surface area contributed by atoms with Gasteiger partial charge >= 0.3 is 0 Å². The number of nitrogens with one attached hydrogen (secondary N) is 3. The molecule has 2 aliphatic rings. The summed E-state index contributed by atoms with van der Waals surface area (Å²) in [5.74, 6) is 1.17. The van der Waals surface area contributed by atoms with Crippen LogP contribution in [0, 0.1) is 0 Å². The van der Waals surface area contributed by atoms with Gasteiger partial charge in [-0.05, 0) is 43.5 Å². The number of anilines is 2. The highest BCUT2D eigenvalue weighted by molar-refractivity contribution is 6.30. The minimum atomic E-state index is -0.917. The number of ether oxygens (including phenoxy) is 1. The largest absolute Gasteiger partial charge is 0.378 e. The fourth-order valence-corrected chi connectivity index (χ4v) is 4.20. The van der Waals surface area contributed by atoms with Gasteiger partial charge in [0.2, 0.25) is 5.95 Å². The predicted octanol–water partition coefficient (Wildman–Crippen LogP) is 1.50. The highest BCUT2D eigenvalue weighted by Crippen LogP contribution is 2.25. The molecule has 5 rings (SSSR count). The summed E-state index contributed by atoms with van der Waals surface area (Å²) in [6.07, 6.45) is 6.70. The van der Waals surface area contributed by atoms with Crippen molar-refractivity contribution < 1.29 is 9.84 Å². The number of nitrogens with zero attached hydrogens (tertiary/aromatic N) is 5. The molecule has 1 unspecified atom stereocenters. The van der Waals surface area contributed by atoms with Crippen LogP contribution in [-0.2, 0) is 4.74 Å². The molecule has 1 aliphatic carbocycles. The number of aliphatic hydroxyl groups excluding tert-OH is 1. The van der Waals surface area contributed by atoms with Crippen molar-refractivity contribution in [1.82, 2.24) is 30.0 Å². The monoisotopic (exact) mass is 484 g/mol. The van der Waals surface area contributed by atoms with Crippen LogP contribution < -0.4 is 21.5 Å². The highest BCUT2D eigenvalue weighted by Gasteiger charge is 2.26. The third-order valence-corrected chi connectivity index (χ3v) is 6.22. The van der Waals surface area contributed by atoms with Crippen LogP contribution in [0.5, 0.6) is 0 Å². The Balaban J connectivity index is 1.13. The minimum absolute atomic E-state index is 0.128. The molecule has 0 aromatic carbocycles. The lowest BCUT2D eigenvalue weighted by Crippen LogP contribution is -2.47. The Bertz CT molecular complexity index is 1170. The van der Waals surface area contributed by atoms with Crippen LogP contribution in [0.15, 0.2) is 47.7 Å². The van der Waals surface area contributed by atoms with Crippen molar-refractivity contribution in [2.24, 2.45) is 0 Å². The van der Waals surface area contributed by atoms with Crippen molar-refractivity contribution >= 4 is 23.4 Å². The molecule has 0 radical (unpaired) electrons. The van der Waals surface area contributed by atoms with E-state index >= 15 is 0 Å². The average Bonchev–Trinajstić information content (AvgIpc) is 3.25. The SMILES string of the molecule is O=c1c(Cl)cccn1-c1ccc(N[C@H]2CC[C@H](Nc3ncc(C(O)NC4COC4)nn3)C2)nc1. The minimum Gasteiger partial charge on any atom is -0.378 e. The molecule has 34 heavy (non-hydrogen) atoms. The van der Waals surface area contributed by atoms with Crippen molar-refractivity contribution in [3.05, 3.63) is 63.9 Å². The summed E-state index contributed by atoms with van der Waals surface area (Å²) in [5, 5.41) is 28.2. The number of hydrogen-bond donors (Lipinski definition) is 4. The topological polar surface area (TPSA) is 139 Å². The number of hydrogen-bond acceptors (Lipinski definition) is 10. The first-order chi connectivity index (χ1) is 16.5. The molecule has 0 bridgehead atoms. The van der Waals surface area contributed by atoms with Crippen LogP contribution in [0.25, 0.3) is 5.69 Å². The maximum Gasteiger partial charge on any atom is 0.273 e. The zero-order valence-electron chi connectivity index (χ0n) is 18.3. The van der Waals surface area contributed by atoms with Crippen LogP contribution >= 0.6 is 11.6 Å². The Labute approximate surface area is 200 Å². The normalized spacial score (nSPS) is 21.1. The third-order valence-electron chi connectivity index (χ3n) is 5.94. The maximum atomic E-state index is 12.2. The standard InChI is InChI=1S/C22H25ClN8O3/c23-17-2-1-7-31(21(17)33)16-5-6-19(24-9-16)26-13-3-4-14(8-13)28-22-25-10-18(29-30-22)20(32)27-15-11-34-12-15/h1-2,5-7,9-10,13-15,20,27,32H,3-4,8,11-12H2,(H,24,26)(H,25,28,30)/t13-,14-,20?/m0/s1. The van der Waals surface area contributed by atoms with Gasteiger partial charge in [0.1, 0.15) is 16.5 Å². The van der Waals surface area contributed by atoms with Gasteiger partial charge in [-0.1, -0.05) is 11.6 Å². The van der Waals surface area contributed by atoms with E-state index in [2.05, 4.69) is 36.1 Å². The van der Waals surface area contributed by atoms with Crippen molar-refractivity contribution in [3.8, 4) is 5.69 Å². The number of aromatic nitrogens is 5. The summed E-state index contributed by atoms with van der Waals surface area (Å²) >= 11 is 5.92. The summed E-state index contributed by atoms with van der Waals surface area (Å²) in [6, 6.07) is 7.54. The van der Waals surface area contributed by atoms with E-state index in [1.807, 2.05) is 12.1 Å². The van der Waals surface area contributed by atoms with E-state index in [4.69, 9.17) is 16.3 Å². The van der Waals surface area contributed by atoms with Gasteiger partial charge in [0.25, 0.3) is 5.56 Å². The van der Waals surface area contributed by atoms with Gasteiger partial charge in [-0.2, -0.15) is 0 Å². The van der Waals surface area contributed by atoms with Crippen LogP contribution in [0.1, 0.15) is 31.2 Å². The van der Waals surface area contributed by atoms with E-state index in [-0.39, 0.29) is 28.7 Å². The second-order valence-corrected chi connectivity index (χ2v) is 8.85. The fraction of sp³-hybridized carbons (Fsp3) is 0.409. The molecule has 0 amide bonds. The molecule has 3 aromatic heterocycles. The molecule has 2 fully saturated rings.